The Morgan fingerprint density at radius 1 is 1.29 bits per heavy atom. The molecule has 0 aliphatic heterocycles. The topological polar surface area (TPSA) is 41.0 Å². The van der Waals surface area contributed by atoms with Gasteiger partial charge in [0.2, 0.25) is 0 Å². The maximum absolute atomic E-state index is 4.23. The molecule has 1 heterocycles. The van der Waals surface area contributed by atoms with Gasteiger partial charge in [-0.1, -0.05) is 20.8 Å². The van der Waals surface area contributed by atoms with E-state index in [-0.39, 0.29) is 5.41 Å². The predicted octanol–water partition coefficient (Wildman–Crippen LogP) is 2.04. The summed E-state index contributed by atoms with van der Waals surface area (Å²) in [6.07, 6.45) is 2.57. The summed E-state index contributed by atoms with van der Waals surface area (Å²) in [5.41, 5.74) is 1.30. The molecular weight excluding hydrogens is 212 g/mol. The van der Waals surface area contributed by atoms with Gasteiger partial charge >= 0.3 is 0 Å². The van der Waals surface area contributed by atoms with Gasteiger partial charge in [-0.2, -0.15) is 0 Å². The Morgan fingerprint density at radius 3 is 2.59 bits per heavy atom. The number of nitrogens with zero attached hydrogens (tertiary/aromatic N) is 3. The smallest absolute Gasteiger partial charge is 0.129 e. The van der Waals surface area contributed by atoms with Crippen molar-refractivity contribution in [3.63, 3.8) is 0 Å². The molecular formula is C13H24N4. The van der Waals surface area contributed by atoms with Gasteiger partial charge in [-0.25, -0.2) is 9.97 Å². The summed E-state index contributed by atoms with van der Waals surface area (Å²) in [5.74, 6) is 0.920. The van der Waals surface area contributed by atoms with Crippen molar-refractivity contribution in [3.05, 3.63) is 18.1 Å². The number of nitrogens with one attached hydrogen (secondary N) is 1. The minimum absolute atomic E-state index is 0.223. The van der Waals surface area contributed by atoms with Crippen LogP contribution in [0.1, 0.15) is 26.5 Å². The van der Waals surface area contributed by atoms with E-state index >= 15 is 0 Å². The molecule has 1 rings (SSSR count). The van der Waals surface area contributed by atoms with Crippen LogP contribution in [0.4, 0.5) is 5.82 Å². The number of anilines is 1. The molecule has 0 radical (unpaired) electrons. The van der Waals surface area contributed by atoms with Gasteiger partial charge in [0.25, 0.3) is 0 Å². The summed E-state index contributed by atoms with van der Waals surface area (Å²) < 4.78 is 0. The van der Waals surface area contributed by atoms with E-state index in [9.17, 15) is 0 Å². The van der Waals surface area contributed by atoms with Gasteiger partial charge in [0, 0.05) is 24.8 Å². The lowest BCUT2D eigenvalue weighted by atomic mass is 9.93. The predicted molar refractivity (Wildman–Crippen MR) is 72.2 cm³/mol. The first-order valence-corrected chi connectivity index (χ1v) is 6.12. The molecule has 0 amide bonds. The molecule has 0 bridgehead atoms. The van der Waals surface area contributed by atoms with Gasteiger partial charge in [0.15, 0.2) is 0 Å². The molecule has 1 aromatic rings. The van der Waals surface area contributed by atoms with E-state index in [1.54, 1.807) is 6.33 Å². The van der Waals surface area contributed by atoms with Gasteiger partial charge < -0.3 is 10.2 Å². The van der Waals surface area contributed by atoms with Crippen LogP contribution in [0, 0.1) is 5.41 Å². The van der Waals surface area contributed by atoms with Crippen LogP contribution in [0.5, 0.6) is 0 Å². The van der Waals surface area contributed by atoms with Crippen molar-refractivity contribution in [2.24, 2.45) is 5.41 Å². The molecule has 0 saturated carbocycles. The monoisotopic (exact) mass is 236 g/mol. The highest BCUT2D eigenvalue weighted by atomic mass is 15.1. The zero-order valence-corrected chi connectivity index (χ0v) is 11.6. The molecule has 96 valence electrons. The van der Waals surface area contributed by atoms with E-state index in [0.29, 0.717) is 0 Å². The van der Waals surface area contributed by atoms with Crippen molar-refractivity contribution in [2.75, 3.05) is 32.5 Å². The number of aromatic nitrogens is 2. The molecule has 1 N–H and O–H groups in total. The number of aryl methyl sites for hydroxylation is 1. The first-order chi connectivity index (χ1) is 7.93. The van der Waals surface area contributed by atoms with Gasteiger partial charge in [-0.15, -0.1) is 0 Å². The van der Waals surface area contributed by atoms with E-state index in [4.69, 9.17) is 0 Å². The van der Waals surface area contributed by atoms with E-state index in [1.807, 2.05) is 6.07 Å². The van der Waals surface area contributed by atoms with Crippen LogP contribution < -0.4 is 5.32 Å². The number of rotatable bonds is 6. The maximum Gasteiger partial charge on any atom is 0.129 e. The fourth-order valence-corrected chi connectivity index (χ4v) is 1.93. The van der Waals surface area contributed by atoms with Crippen LogP contribution in [0.2, 0.25) is 0 Å². The zero-order valence-electron chi connectivity index (χ0n) is 11.6. The average Bonchev–Trinajstić information content (AvgIpc) is 2.25. The summed E-state index contributed by atoms with van der Waals surface area (Å²) in [7, 11) is 4.20. The van der Waals surface area contributed by atoms with Crippen molar-refractivity contribution in [1.29, 1.82) is 0 Å². The summed E-state index contributed by atoms with van der Waals surface area (Å²) in [6.45, 7) is 8.56. The molecule has 4 nitrogen and oxygen atoms in total. The van der Waals surface area contributed by atoms with Crippen molar-refractivity contribution < 1.29 is 0 Å². The molecule has 1 aromatic heterocycles. The van der Waals surface area contributed by atoms with Gasteiger partial charge in [-0.05, 0) is 25.9 Å². The zero-order chi connectivity index (χ0) is 12.9. The molecule has 0 unspecified atom stereocenters. The molecule has 0 atom stereocenters. The minimum atomic E-state index is 0.223. The van der Waals surface area contributed by atoms with E-state index in [1.165, 1.54) is 0 Å². The van der Waals surface area contributed by atoms with Crippen LogP contribution in [0.3, 0.4) is 0 Å². The highest BCUT2D eigenvalue weighted by molar-refractivity contribution is 5.35. The maximum atomic E-state index is 4.23. The highest BCUT2D eigenvalue weighted by Gasteiger charge is 2.18. The molecule has 17 heavy (non-hydrogen) atoms. The quantitative estimate of drug-likeness (QED) is 0.820. The molecule has 0 saturated heterocycles. The van der Waals surface area contributed by atoms with Crippen molar-refractivity contribution in [3.8, 4) is 0 Å². The first kappa shape index (κ1) is 13.9. The fourth-order valence-electron chi connectivity index (χ4n) is 1.93. The summed E-state index contributed by atoms with van der Waals surface area (Å²) >= 11 is 0. The Balaban J connectivity index is 2.54. The largest absolute Gasteiger partial charge is 0.369 e. The van der Waals surface area contributed by atoms with Gasteiger partial charge in [0.05, 0.1) is 0 Å². The van der Waals surface area contributed by atoms with Crippen LogP contribution >= 0.6 is 0 Å². The third kappa shape index (κ3) is 5.13. The van der Waals surface area contributed by atoms with Gasteiger partial charge in [0.1, 0.15) is 12.1 Å². The minimum Gasteiger partial charge on any atom is -0.369 e. The lowest BCUT2D eigenvalue weighted by Gasteiger charge is -2.28. The molecule has 0 spiro atoms. The van der Waals surface area contributed by atoms with Crippen LogP contribution in [0.15, 0.2) is 12.4 Å². The van der Waals surface area contributed by atoms with E-state index < -0.39 is 0 Å². The second kappa shape index (κ2) is 5.96. The van der Waals surface area contributed by atoms with Crippen molar-refractivity contribution >= 4 is 5.82 Å². The van der Waals surface area contributed by atoms with Crippen LogP contribution in [-0.2, 0) is 6.42 Å². The van der Waals surface area contributed by atoms with E-state index in [2.05, 4.69) is 55.1 Å². The summed E-state index contributed by atoms with van der Waals surface area (Å²) in [6, 6.07) is 2.02. The first-order valence-electron chi connectivity index (χ1n) is 6.12. The highest BCUT2D eigenvalue weighted by Crippen LogP contribution is 2.16. The molecule has 0 aliphatic rings. The molecule has 0 aliphatic carbocycles. The summed E-state index contributed by atoms with van der Waals surface area (Å²) in [5, 5.41) is 3.39. The third-order valence-electron chi connectivity index (χ3n) is 2.58. The number of hydrogen-bond acceptors (Lipinski definition) is 4. The second-order valence-corrected chi connectivity index (χ2v) is 5.50. The molecule has 0 fully saturated rings. The summed E-state index contributed by atoms with van der Waals surface area (Å²) in [4.78, 5) is 10.6. The Bertz CT molecular complexity index is 347. The van der Waals surface area contributed by atoms with Crippen molar-refractivity contribution in [1.82, 2.24) is 14.9 Å². The molecule has 4 heteroatoms. The van der Waals surface area contributed by atoms with Crippen molar-refractivity contribution in [2.45, 2.75) is 27.2 Å². The Kier molecular flexibility index (Phi) is 4.87. The van der Waals surface area contributed by atoms with Crippen LogP contribution in [-0.4, -0.2) is 42.1 Å². The average molecular weight is 236 g/mol. The Morgan fingerprint density at radius 2 is 2.00 bits per heavy atom. The Labute approximate surface area is 104 Å². The SMILES string of the molecule is CCc1cc(NCC(C)(C)CN(C)C)ncn1. The standard InChI is InChI=1S/C13H24N4/c1-6-11-7-12(16-10-15-11)14-8-13(2,3)9-17(4)5/h7,10H,6,8-9H2,1-5H3,(H,14,15,16). The lowest BCUT2D eigenvalue weighted by molar-refractivity contribution is 0.254. The normalized spacial score (nSPS) is 11.9. The fraction of sp³-hybridized carbons (Fsp3) is 0.692. The van der Waals surface area contributed by atoms with Gasteiger partial charge in [-0.3, -0.25) is 0 Å². The van der Waals surface area contributed by atoms with Crippen LogP contribution in [0.25, 0.3) is 0 Å². The molecule has 0 aromatic carbocycles. The second-order valence-electron chi connectivity index (χ2n) is 5.50. The Hall–Kier alpha value is -1.16. The number of hydrogen-bond donors (Lipinski definition) is 1. The lowest BCUT2D eigenvalue weighted by Crippen LogP contribution is -2.34. The van der Waals surface area contributed by atoms with E-state index in [0.717, 1.165) is 31.0 Å². The third-order valence-corrected chi connectivity index (χ3v) is 2.58.